The lowest BCUT2D eigenvalue weighted by molar-refractivity contribution is 0.669. The summed E-state index contributed by atoms with van der Waals surface area (Å²) in [6.45, 7) is 0. The lowest BCUT2D eigenvalue weighted by Crippen LogP contribution is -2.00. The van der Waals surface area contributed by atoms with Crippen LogP contribution in [0, 0.1) is 0 Å². The number of rotatable bonds is 4. The minimum absolute atomic E-state index is 0.614. The van der Waals surface area contributed by atoms with E-state index in [1.54, 1.807) is 0 Å². The van der Waals surface area contributed by atoms with Crippen molar-refractivity contribution in [2.45, 2.75) is 6.42 Å². The van der Waals surface area contributed by atoms with Gasteiger partial charge in [0.05, 0.1) is 0 Å². The van der Waals surface area contributed by atoms with E-state index in [0.717, 1.165) is 50.4 Å². The summed E-state index contributed by atoms with van der Waals surface area (Å²) in [7, 11) is 0. The molecule has 0 atom stereocenters. The van der Waals surface area contributed by atoms with Crippen LogP contribution in [0.3, 0.4) is 0 Å². The van der Waals surface area contributed by atoms with Crippen molar-refractivity contribution in [3.63, 3.8) is 0 Å². The molecule has 4 nitrogen and oxygen atoms in total. The van der Waals surface area contributed by atoms with Crippen LogP contribution in [-0.2, 0) is 6.42 Å². The minimum Gasteiger partial charge on any atom is -0.456 e. The maximum absolute atomic E-state index is 6.29. The molecule has 0 saturated carbocycles. The van der Waals surface area contributed by atoms with Gasteiger partial charge in [-0.2, -0.15) is 0 Å². The van der Waals surface area contributed by atoms with Gasteiger partial charge >= 0.3 is 0 Å². The first-order chi connectivity index (χ1) is 27.2. The van der Waals surface area contributed by atoms with Crippen LogP contribution in [-0.4, -0.2) is 15.0 Å². The normalized spacial score (nSPS) is 12.3. The van der Waals surface area contributed by atoms with E-state index in [9.17, 15) is 0 Å². The number of thiophene rings is 1. The second-order valence-corrected chi connectivity index (χ2v) is 15.4. The number of furan rings is 1. The van der Waals surface area contributed by atoms with E-state index >= 15 is 0 Å². The summed E-state index contributed by atoms with van der Waals surface area (Å²) in [4.78, 5) is 15.7. The Balaban J connectivity index is 1.12. The zero-order chi connectivity index (χ0) is 36.0. The lowest BCUT2D eigenvalue weighted by Gasteiger charge is -2.15. The predicted molar refractivity (Wildman–Crippen MR) is 227 cm³/mol. The Morgan fingerprint density at radius 1 is 0.418 bits per heavy atom. The number of aromatic nitrogens is 3. The van der Waals surface area contributed by atoms with Gasteiger partial charge in [-0.05, 0) is 80.9 Å². The van der Waals surface area contributed by atoms with Crippen molar-refractivity contribution in [3.05, 3.63) is 175 Å². The Morgan fingerprint density at radius 2 is 1.11 bits per heavy atom. The molecule has 0 spiro atoms. The van der Waals surface area contributed by atoms with Crippen molar-refractivity contribution >= 4 is 64.2 Å². The Bertz CT molecular complexity index is 3360. The van der Waals surface area contributed by atoms with Crippen molar-refractivity contribution in [2.75, 3.05) is 0 Å². The largest absolute Gasteiger partial charge is 0.456 e. The van der Waals surface area contributed by atoms with Crippen molar-refractivity contribution < 1.29 is 4.42 Å². The SMILES string of the molecule is c1ccc(-c2nc(-c3cccc4oc5ccccc5c34)nc(-c3cccc4sc5ccc(-c6c7c(cc8ccccc68)Cc6ccccc6-7)cc5c34)n2)cc1. The molecule has 256 valence electrons. The molecule has 8 aromatic carbocycles. The summed E-state index contributed by atoms with van der Waals surface area (Å²) in [6.07, 6.45) is 0.949. The van der Waals surface area contributed by atoms with Crippen molar-refractivity contribution in [2.24, 2.45) is 0 Å². The van der Waals surface area contributed by atoms with Gasteiger partial charge in [-0.1, -0.05) is 133 Å². The average Bonchev–Trinajstić information content (AvgIpc) is 3.94. The zero-order valence-electron chi connectivity index (χ0n) is 29.5. The number of fused-ring (bicyclic) bond motifs is 10. The highest BCUT2D eigenvalue weighted by Gasteiger charge is 2.25. The van der Waals surface area contributed by atoms with E-state index in [-0.39, 0.29) is 0 Å². The summed E-state index contributed by atoms with van der Waals surface area (Å²) >= 11 is 1.81. The first-order valence-corrected chi connectivity index (χ1v) is 19.4. The third-order valence-corrected chi connectivity index (χ3v) is 12.3. The molecule has 5 heteroatoms. The highest BCUT2D eigenvalue weighted by Crippen LogP contribution is 2.49. The van der Waals surface area contributed by atoms with Gasteiger partial charge in [0.2, 0.25) is 0 Å². The molecular formula is C50H29N3OS. The topological polar surface area (TPSA) is 51.8 Å². The Kier molecular flexibility index (Phi) is 6.53. The molecule has 0 N–H and O–H groups in total. The van der Waals surface area contributed by atoms with Crippen LogP contribution in [0.4, 0.5) is 0 Å². The molecular weight excluding hydrogens is 691 g/mol. The van der Waals surface area contributed by atoms with Crippen LogP contribution in [0.5, 0.6) is 0 Å². The summed E-state index contributed by atoms with van der Waals surface area (Å²) < 4.78 is 8.72. The molecule has 1 aliphatic carbocycles. The molecule has 0 radical (unpaired) electrons. The maximum atomic E-state index is 6.29. The summed E-state index contributed by atoms with van der Waals surface area (Å²) in [5.41, 5.74) is 12.5. The summed E-state index contributed by atoms with van der Waals surface area (Å²) in [6, 6.07) is 58.1. The second-order valence-electron chi connectivity index (χ2n) is 14.3. The standard InChI is InChI=1S/C50H29N3OS/c1-2-12-29(13-3-1)48-51-49(37-19-10-22-41-46(37)36-18-8-9-21-40(36)54-41)53-50(52-48)38-20-11-23-43-47(38)39-28-32(24-25-42(39)55-43)44-34-16-6-4-14-30(34)26-33-27-31-15-5-7-17-35(31)45(33)44/h1-26,28H,27H2. The van der Waals surface area contributed by atoms with Crippen LogP contribution in [0.25, 0.3) is 109 Å². The number of hydrogen-bond acceptors (Lipinski definition) is 5. The molecule has 55 heavy (non-hydrogen) atoms. The fraction of sp³-hybridized carbons (Fsp3) is 0.0200. The smallest absolute Gasteiger partial charge is 0.164 e. The van der Waals surface area contributed by atoms with Crippen LogP contribution in [0.1, 0.15) is 11.1 Å². The van der Waals surface area contributed by atoms with E-state index in [0.29, 0.717) is 17.5 Å². The number of para-hydroxylation sites is 1. The molecule has 0 saturated heterocycles. The van der Waals surface area contributed by atoms with Crippen LogP contribution in [0.15, 0.2) is 168 Å². The predicted octanol–water partition coefficient (Wildman–Crippen LogP) is 13.5. The highest BCUT2D eigenvalue weighted by molar-refractivity contribution is 7.26. The molecule has 3 heterocycles. The molecule has 3 aromatic heterocycles. The quantitative estimate of drug-likeness (QED) is 0.182. The van der Waals surface area contributed by atoms with Gasteiger partial charge in [-0.25, -0.2) is 15.0 Å². The van der Waals surface area contributed by atoms with E-state index < -0.39 is 0 Å². The molecule has 0 fully saturated rings. The van der Waals surface area contributed by atoms with Crippen LogP contribution >= 0.6 is 11.3 Å². The van der Waals surface area contributed by atoms with Crippen LogP contribution < -0.4 is 0 Å². The molecule has 1 aliphatic rings. The number of benzene rings is 8. The Morgan fingerprint density at radius 3 is 2.00 bits per heavy atom. The molecule has 0 bridgehead atoms. The third kappa shape index (κ3) is 4.67. The van der Waals surface area contributed by atoms with Crippen molar-refractivity contribution in [1.29, 1.82) is 0 Å². The maximum Gasteiger partial charge on any atom is 0.164 e. The van der Waals surface area contributed by atoms with E-state index in [1.165, 1.54) is 58.9 Å². The Hall–Kier alpha value is -6.95. The molecule has 0 amide bonds. The average molecular weight is 720 g/mol. The van der Waals surface area contributed by atoms with E-state index in [1.807, 2.05) is 59.9 Å². The van der Waals surface area contributed by atoms with Gasteiger partial charge in [0, 0.05) is 47.6 Å². The number of nitrogens with zero attached hydrogens (tertiary/aromatic N) is 3. The van der Waals surface area contributed by atoms with E-state index in [2.05, 4.69) is 115 Å². The molecule has 12 rings (SSSR count). The van der Waals surface area contributed by atoms with Gasteiger partial charge in [-0.15, -0.1) is 11.3 Å². The lowest BCUT2D eigenvalue weighted by atomic mass is 9.88. The third-order valence-electron chi connectivity index (χ3n) is 11.1. The summed E-state index contributed by atoms with van der Waals surface area (Å²) in [5.74, 6) is 1.89. The molecule has 11 aromatic rings. The Labute approximate surface area is 320 Å². The van der Waals surface area contributed by atoms with Crippen LogP contribution in [0.2, 0.25) is 0 Å². The van der Waals surface area contributed by atoms with Crippen molar-refractivity contribution in [1.82, 2.24) is 15.0 Å². The molecule has 0 unspecified atom stereocenters. The van der Waals surface area contributed by atoms with Gasteiger partial charge in [0.25, 0.3) is 0 Å². The fourth-order valence-corrected chi connectivity index (χ4v) is 9.85. The van der Waals surface area contributed by atoms with Crippen molar-refractivity contribution in [3.8, 4) is 56.4 Å². The first kappa shape index (κ1) is 30.5. The summed E-state index contributed by atoms with van der Waals surface area (Å²) in [5, 5.41) is 6.94. The zero-order valence-corrected chi connectivity index (χ0v) is 30.3. The highest BCUT2D eigenvalue weighted by atomic mass is 32.1. The first-order valence-electron chi connectivity index (χ1n) is 18.6. The second kappa shape index (κ2) is 11.8. The number of hydrogen-bond donors (Lipinski definition) is 0. The molecule has 0 aliphatic heterocycles. The van der Waals surface area contributed by atoms with Gasteiger partial charge in [0.1, 0.15) is 11.2 Å². The van der Waals surface area contributed by atoms with Gasteiger partial charge in [-0.3, -0.25) is 0 Å². The van der Waals surface area contributed by atoms with Gasteiger partial charge < -0.3 is 4.42 Å². The minimum atomic E-state index is 0.614. The monoisotopic (exact) mass is 719 g/mol. The van der Waals surface area contributed by atoms with E-state index in [4.69, 9.17) is 19.4 Å². The van der Waals surface area contributed by atoms with Gasteiger partial charge in [0.15, 0.2) is 17.5 Å². The fourth-order valence-electron chi connectivity index (χ4n) is 8.74.